The minimum atomic E-state index is -3.69. The van der Waals surface area contributed by atoms with Crippen molar-refractivity contribution < 1.29 is 8.42 Å². The van der Waals surface area contributed by atoms with Crippen molar-refractivity contribution in [2.45, 2.75) is 44.4 Å². The molecule has 0 aliphatic heterocycles. The molecule has 0 aromatic heterocycles. The van der Waals surface area contributed by atoms with E-state index in [0.29, 0.717) is 12.8 Å². The van der Waals surface area contributed by atoms with E-state index in [1.165, 1.54) is 0 Å². The zero-order chi connectivity index (χ0) is 11.9. The fourth-order valence-electron chi connectivity index (χ4n) is 1.10. The molecular weight excluding hydrogens is 214 g/mol. The summed E-state index contributed by atoms with van der Waals surface area (Å²) in [6.45, 7) is 3.48. The molecule has 0 fully saturated rings. The Kier molecular flexibility index (Phi) is 5.92. The molecule has 5 nitrogen and oxygen atoms in total. The number of hydrogen-bond acceptors (Lipinski definition) is 4. The first-order valence-corrected chi connectivity index (χ1v) is 6.36. The second kappa shape index (κ2) is 6.39. The molecule has 6 heteroatoms. The van der Waals surface area contributed by atoms with Crippen LogP contribution in [0.15, 0.2) is 0 Å². The van der Waals surface area contributed by atoms with Gasteiger partial charge in [-0.05, 0) is 12.8 Å². The lowest BCUT2D eigenvalue weighted by molar-refractivity contribution is 0.555. The van der Waals surface area contributed by atoms with Crippen LogP contribution >= 0.6 is 0 Å². The van der Waals surface area contributed by atoms with Crippen molar-refractivity contribution in [2.75, 3.05) is 0 Å². The summed E-state index contributed by atoms with van der Waals surface area (Å²) >= 11 is 0. The number of nitrogens with one attached hydrogen (secondary N) is 1. The van der Waals surface area contributed by atoms with E-state index in [4.69, 9.17) is 10.5 Å². The lowest BCUT2D eigenvalue weighted by Crippen LogP contribution is -2.39. The van der Waals surface area contributed by atoms with Gasteiger partial charge in [-0.1, -0.05) is 20.3 Å². The summed E-state index contributed by atoms with van der Waals surface area (Å²) in [7, 11) is -3.69. The van der Waals surface area contributed by atoms with Gasteiger partial charge in [-0.3, -0.25) is 0 Å². The molecule has 0 saturated carbocycles. The van der Waals surface area contributed by atoms with Crippen molar-refractivity contribution in [1.29, 1.82) is 10.5 Å². The predicted molar refractivity (Wildman–Crippen MR) is 56.1 cm³/mol. The average molecular weight is 229 g/mol. The second-order valence-electron chi connectivity index (χ2n) is 3.16. The van der Waals surface area contributed by atoms with Crippen LogP contribution in [0.2, 0.25) is 0 Å². The second-order valence-corrected chi connectivity index (χ2v) is 5.05. The van der Waals surface area contributed by atoms with E-state index < -0.39 is 21.3 Å². The highest BCUT2D eigenvalue weighted by atomic mass is 32.2. The maximum atomic E-state index is 11.6. The van der Waals surface area contributed by atoms with Gasteiger partial charge in [0, 0.05) is 0 Å². The number of nitriles is 2. The highest BCUT2D eigenvalue weighted by molar-refractivity contribution is 7.90. The Bertz CT molecular complexity index is 364. The van der Waals surface area contributed by atoms with Crippen molar-refractivity contribution in [3.63, 3.8) is 0 Å². The topological polar surface area (TPSA) is 93.8 Å². The summed E-state index contributed by atoms with van der Waals surface area (Å²) in [5.41, 5.74) is 0. The van der Waals surface area contributed by atoms with Gasteiger partial charge in [0.15, 0.2) is 5.25 Å². The molecule has 0 heterocycles. The van der Waals surface area contributed by atoms with Gasteiger partial charge in [0.05, 0.1) is 12.1 Å². The molecular formula is C9H15N3O2S. The molecule has 0 aromatic rings. The maximum absolute atomic E-state index is 11.6. The van der Waals surface area contributed by atoms with Crippen LogP contribution in [0.3, 0.4) is 0 Å². The van der Waals surface area contributed by atoms with Crippen LogP contribution in [-0.4, -0.2) is 19.7 Å². The van der Waals surface area contributed by atoms with Crippen LogP contribution in [0, 0.1) is 22.7 Å². The fourth-order valence-corrected chi connectivity index (χ4v) is 2.41. The van der Waals surface area contributed by atoms with Crippen molar-refractivity contribution in [1.82, 2.24) is 4.72 Å². The Morgan fingerprint density at radius 2 is 1.87 bits per heavy atom. The number of rotatable bonds is 6. The van der Waals surface area contributed by atoms with Crippen molar-refractivity contribution in [3.05, 3.63) is 0 Å². The van der Waals surface area contributed by atoms with Gasteiger partial charge in [-0.25, -0.2) is 8.42 Å². The van der Waals surface area contributed by atoms with Gasteiger partial charge < -0.3 is 0 Å². The van der Waals surface area contributed by atoms with Crippen LogP contribution in [0.1, 0.15) is 33.1 Å². The van der Waals surface area contributed by atoms with Gasteiger partial charge in [0.2, 0.25) is 10.0 Å². The predicted octanol–water partition coefficient (Wildman–Crippen LogP) is 0.900. The summed E-state index contributed by atoms with van der Waals surface area (Å²) in [5.74, 6) is 0. The molecule has 0 saturated heterocycles. The first-order chi connectivity index (χ1) is 7.01. The zero-order valence-corrected chi connectivity index (χ0v) is 9.71. The normalized spacial score (nSPS) is 14.9. The first-order valence-electron chi connectivity index (χ1n) is 4.82. The third kappa shape index (κ3) is 4.28. The van der Waals surface area contributed by atoms with E-state index in [2.05, 4.69) is 4.72 Å². The molecule has 1 N–H and O–H groups in total. The molecule has 0 bridgehead atoms. The third-order valence-electron chi connectivity index (χ3n) is 1.93. The molecule has 0 radical (unpaired) electrons. The van der Waals surface area contributed by atoms with E-state index in [-0.39, 0.29) is 6.42 Å². The highest BCUT2D eigenvalue weighted by Crippen LogP contribution is 2.05. The Morgan fingerprint density at radius 1 is 1.27 bits per heavy atom. The fraction of sp³-hybridized carbons (Fsp3) is 0.778. The summed E-state index contributed by atoms with van der Waals surface area (Å²) < 4.78 is 25.3. The largest absolute Gasteiger partial charge is 0.229 e. The Labute approximate surface area is 90.8 Å². The quantitative estimate of drug-likeness (QED) is 0.732. The zero-order valence-electron chi connectivity index (χ0n) is 8.90. The highest BCUT2D eigenvalue weighted by Gasteiger charge is 2.26. The minimum absolute atomic E-state index is 0.218. The molecule has 15 heavy (non-hydrogen) atoms. The number of nitrogens with zero attached hydrogens (tertiary/aromatic N) is 2. The molecule has 2 atom stereocenters. The minimum Gasteiger partial charge on any atom is -0.211 e. The van der Waals surface area contributed by atoms with Crippen LogP contribution in [0.4, 0.5) is 0 Å². The van der Waals surface area contributed by atoms with E-state index in [1.54, 1.807) is 13.0 Å². The van der Waals surface area contributed by atoms with Crippen LogP contribution < -0.4 is 4.72 Å². The first kappa shape index (κ1) is 13.9. The molecule has 0 aliphatic rings. The molecule has 2 unspecified atom stereocenters. The summed E-state index contributed by atoms with van der Waals surface area (Å²) in [4.78, 5) is 0. The van der Waals surface area contributed by atoms with Crippen molar-refractivity contribution in [3.8, 4) is 12.1 Å². The van der Waals surface area contributed by atoms with E-state index >= 15 is 0 Å². The Balaban J connectivity index is 4.64. The SMILES string of the molecule is CCCC(C#N)NS(=O)(=O)C(C#N)CC. The van der Waals surface area contributed by atoms with Crippen LogP contribution in [0.5, 0.6) is 0 Å². The number of sulfonamides is 1. The van der Waals surface area contributed by atoms with E-state index in [0.717, 1.165) is 0 Å². The standard InChI is InChI=1S/C9H15N3O2S/c1-3-5-8(6-10)12-15(13,14)9(4-2)7-11/h8-9,12H,3-5H2,1-2H3. The Hall–Kier alpha value is -1.11. The van der Waals surface area contributed by atoms with Crippen LogP contribution in [0.25, 0.3) is 0 Å². The van der Waals surface area contributed by atoms with Crippen LogP contribution in [-0.2, 0) is 10.0 Å². The van der Waals surface area contributed by atoms with Gasteiger partial charge in [-0.15, -0.1) is 0 Å². The summed E-state index contributed by atoms with van der Waals surface area (Å²) in [5, 5.41) is 16.2. The monoisotopic (exact) mass is 229 g/mol. The molecule has 0 aliphatic carbocycles. The lowest BCUT2D eigenvalue weighted by atomic mass is 10.2. The van der Waals surface area contributed by atoms with E-state index in [1.807, 2.05) is 13.0 Å². The average Bonchev–Trinajstić information content (AvgIpc) is 2.18. The molecule has 0 spiro atoms. The van der Waals surface area contributed by atoms with E-state index in [9.17, 15) is 8.42 Å². The third-order valence-corrected chi connectivity index (χ3v) is 3.73. The number of hydrogen-bond donors (Lipinski definition) is 1. The van der Waals surface area contributed by atoms with Crippen molar-refractivity contribution in [2.24, 2.45) is 0 Å². The summed E-state index contributed by atoms with van der Waals surface area (Å²) in [6, 6.07) is 2.83. The Morgan fingerprint density at radius 3 is 2.20 bits per heavy atom. The van der Waals surface area contributed by atoms with Crippen molar-refractivity contribution >= 4 is 10.0 Å². The van der Waals surface area contributed by atoms with Gasteiger partial charge >= 0.3 is 0 Å². The summed E-state index contributed by atoms with van der Waals surface area (Å²) in [6.07, 6.45) is 1.39. The van der Waals surface area contributed by atoms with Gasteiger partial charge in [0.25, 0.3) is 0 Å². The lowest BCUT2D eigenvalue weighted by Gasteiger charge is -2.13. The maximum Gasteiger partial charge on any atom is 0.229 e. The smallest absolute Gasteiger partial charge is 0.211 e. The molecule has 0 aromatic carbocycles. The molecule has 0 amide bonds. The van der Waals surface area contributed by atoms with Gasteiger partial charge in [0.1, 0.15) is 6.04 Å². The molecule has 84 valence electrons. The van der Waals surface area contributed by atoms with Gasteiger partial charge in [-0.2, -0.15) is 15.2 Å². The molecule has 0 rings (SSSR count).